The number of amides is 1. The molecule has 0 spiro atoms. The van der Waals surface area contributed by atoms with Gasteiger partial charge in [-0.05, 0) is 56.0 Å². The van der Waals surface area contributed by atoms with E-state index in [1.807, 2.05) is 31.2 Å². The van der Waals surface area contributed by atoms with Crippen molar-refractivity contribution in [1.82, 2.24) is 9.21 Å². The van der Waals surface area contributed by atoms with Crippen LogP contribution in [0.25, 0.3) is 0 Å². The number of likely N-dealkylation sites (tertiary alicyclic amines) is 1. The summed E-state index contributed by atoms with van der Waals surface area (Å²) in [4.78, 5) is 14.9. The topological polar surface area (TPSA) is 69.7 Å². The molecule has 2 aliphatic rings. The molecule has 0 aromatic heterocycles. The van der Waals surface area contributed by atoms with Gasteiger partial charge in [-0.15, -0.1) is 0 Å². The fourth-order valence-corrected chi connectivity index (χ4v) is 6.89. The molecule has 0 radical (unpaired) electrons. The molecule has 0 aliphatic carbocycles. The molecule has 2 aromatic carbocycles. The van der Waals surface area contributed by atoms with E-state index in [9.17, 15) is 13.2 Å². The molecule has 1 amide bonds. The highest BCUT2D eigenvalue weighted by Crippen LogP contribution is 2.36. The highest BCUT2D eigenvalue weighted by Gasteiger charge is 2.47. The molecule has 30 heavy (non-hydrogen) atoms. The van der Waals surface area contributed by atoms with Crippen molar-refractivity contribution in [2.75, 3.05) is 25.0 Å². The van der Waals surface area contributed by atoms with Gasteiger partial charge >= 0.3 is 0 Å². The van der Waals surface area contributed by atoms with Crippen LogP contribution < -0.4 is 5.32 Å². The zero-order valence-corrected chi connectivity index (χ0v) is 18.7. The molecule has 0 saturated carbocycles. The van der Waals surface area contributed by atoms with Crippen LogP contribution in [-0.4, -0.2) is 55.2 Å². The summed E-state index contributed by atoms with van der Waals surface area (Å²) in [6.07, 6.45) is 1.61. The standard InChI is InChI=1S/C22H26ClN3O3S/c1-15-5-3-4-6-20(15)24-22(27)14-25-12-18-9-10-19(13-25)26(18)30(28,29)21-11-17(23)8-7-16(21)2/h3-8,11,18-19H,9-10,12-14H2,1-2H3,(H,24,27). The minimum absolute atomic E-state index is 0.0781. The third-order valence-electron chi connectivity index (χ3n) is 5.98. The number of sulfonamides is 1. The second-order valence-electron chi connectivity index (χ2n) is 8.19. The highest BCUT2D eigenvalue weighted by molar-refractivity contribution is 7.89. The summed E-state index contributed by atoms with van der Waals surface area (Å²) in [5.41, 5.74) is 2.51. The molecule has 2 atom stereocenters. The van der Waals surface area contributed by atoms with E-state index in [0.29, 0.717) is 23.7 Å². The highest BCUT2D eigenvalue weighted by atomic mass is 35.5. The van der Waals surface area contributed by atoms with Gasteiger partial charge in [0.05, 0.1) is 11.4 Å². The molecule has 2 fully saturated rings. The summed E-state index contributed by atoms with van der Waals surface area (Å²) >= 11 is 6.07. The van der Waals surface area contributed by atoms with Crippen LogP contribution in [0, 0.1) is 13.8 Å². The maximum atomic E-state index is 13.4. The van der Waals surface area contributed by atoms with Gasteiger partial charge < -0.3 is 5.32 Å². The molecule has 2 aromatic rings. The van der Waals surface area contributed by atoms with Gasteiger partial charge in [-0.1, -0.05) is 35.9 Å². The first kappa shape index (κ1) is 21.3. The number of para-hydroxylation sites is 1. The van der Waals surface area contributed by atoms with E-state index in [4.69, 9.17) is 11.6 Å². The number of benzene rings is 2. The van der Waals surface area contributed by atoms with E-state index in [1.165, 1.54) is 6.07 Å². The van der Waals surface area contributed by atoms with E-state index in [2.05, 4.69) is 10.2 Å². The molecule has 2 bridgehead atoms. The first-order valence-corrected chi connectivity index (χ1v) is 11.9. The Morgan fingerprint density at radius 2 is 1.73 bits per heavy atom. The molecule has 6 nitrogen and oxygen atoms in total. The number of carbonyl (C=O) groups excluding carboxylic acids is 1. The number of piperazine rings is 1. The minimum Gasteiger partial charge on any atom is -0.325 e. The Kier molecular flexibility index (Phi) is 5.90. The lowest BCUT2D eigenvalue weighted by atomic mass is 10.2. The van der Waals surface area contributed by atoms with Crippen LogP contribution in [0.5, 0.6) is 0 Å². The first-order valence-electron chi connectivity index (χ1n) is 10.1. The summed E-state index contributed by atoms with van der Waals surface area (Å²) in [6.45, 7) is 5.10. The predicted octanol–water partition coefficient (Wildman–Crippen LogP) is 3.43. The van der Waals surface area contributed by atoms with E-state index in [1.54, 1.807) is 23.4 Å². The lowest BCUT2D eigenvalue weighted by Crippen LogP contribution is -2.56. The molecule has 2 unspecified atom stereocenters. The summed E-state index contributed by atoms with van der Waals surface area (Å²) in [5, 5.41) is 3.38. The van der Waals surface area contributed by atoms with E-state index in [0.717, 1.165) is 24.1 Å². The van der Waals surface area contributed by atoms with E-state index >= 15 is 0 Å². The number of hydrogen-bond acceptors (Lipinski definition) is 4. The van der Waals surface area contributed by atoms with Crippen molar-refractivity contribution in [2.24, 2.45) is 0 Å². The van der Waals surface area contributed by atoms with Crippen molar-refractivity contribution in [3.63, 3.8) is 0 Å². The first-order chi connectivity index (χ1) is 14.3. The number of anilines is 1. The Morgan fingerprint density at radius 3 is 2.40 bits per heavy atom. The number of hydrogen-bond donors (Lipinski definition) is 1. The van der Waals surface area contributed by atoms with Crippen molar-refractivity contribution < 1.29 is 13.2 Å². The Hall–Kier alpha value is -1.93. The maximum Gasteiger partial charge on any atom is 0.243 e. The summed E-state index contributed by atoms with van der Waals surface area (Å²) in [7, 11) is -3.64. The van der Waals surface area contributed by atoms with Crippen LogP contribution in [0.4, 0.5) is 5.69 Å². The van der Waals surface area contributed by atoms with Gasteiger partial charge in [0, 0.05) is 35.9 Å². The number of nitrogens with zero attached hydrogens (tertiary/aromatic N) is 2. The van der Waals surface area contributed by atoms with Crippen molar-refractivity contribution in [1.29, 1.82) is 0 Å². The molecule has 4 rings (SSSR count). The maximum absolute atomic E-state index is 13.4. The van der Waals surface area contributed by atoms with Crippen LogP contribution in [0.1, 0.15) is 24.0 Å². The van der Waals surface area contributed by atoms with Crippen molar-refractivity contribution in [2.45, 2.75) is 43.7 Å². The number of nitrogens with one attached hydrogen (secondary N) is 1. The normalized spacial score (nSPS) is 22.2. The SMILES string of the molecule is Cc1ccccc1NC(=O)CN1CC2CCC(C1)N2S(=O)(=O)c1cc(Cl)ccc1C. The number of halogens is 1. The van der Waals surface area contributed by atoms with Crippen LogP contribution in [-0.2, 0) is 14.8 Å². The smallest absolute Gasteiger partial charge is 0.243 e. The Morgan fingerprint density at radius 1 is 1.07 bits per heavy atom. The quantitative estimate of drug-likeness (QED) is 0.762. The molecule has 1 N–H and O–H groups in total. The molecule has 2 heterocycles. The van der Waals surface area contributed by atoms with Crippen LogP contribution in [0.3, 0.4) is 0 Å². The largest absolute Gasteiger partial charge is 0.325 e. The van der Waals surface area contributed by atoms with Crippen molar-refractivity contribution in [3.05, 3.63) is 58.6 Å². The van der Waals surface area contributed by atoms with Gasteiger partial charge in [-0.3, -0.25) is 9.69 Å². The Balaban J connectivity index is 1.46. The summed E-state index contributed by atoms with van der Waals surface area (Å²) in [5.74, 6) is -0.0781. The fourth-order valence-electron chi connectivity index (χ4n) is 4.54. The number of carbonyl (C=O) groups is 1. The number of aryl methyl sites for hydroxylation is 2. The zero-order valence-electron chi connectivity index (χ0n) is 17.1. The van der Waals surface area contributed by atoms with Crippen LogP contribution >= 0.6 is 11.6 Å². The van der Waals surface area contributed by atoms with Crippen LogP contribution in [0.15, 0.2) is 47.4 Å². The average Bonchev–Trinajstić information content (AvgIpc) is 2.98. The Labute approximate surface area is 182 Å². The van der Waals surface area contributed by atoms with E-state index in [-0.39, 0.29) is 29.4 Å². The van der Waals surface area contributed by atoms with Crippen molar-refractivity contribution >= 4 is 33.2 Å². The van der Waals surface area contributed by atoms with Crippen LogP contribution in [0.2, 0.25) is 5.02 Å². The number of rotatable bonds is 5. The van der Waals surface area contributed by atoms with Gasteiger partial charge in [0.15, 0.2) is 0 Å². The molecule has 160 valence electrons. The third-order valence-corrected chi connectivity index (χ3v) is 8.36. The predicted molar refractivity (Wildman–Crippen MR) is 118 cm³/mol. The monoisotopic (exact) mass is 447 g/mol. The third kappa shape index (κ3) is 4.12. The summed E-state index contributed by atoms with van der Waals surface area (Å²) < 4.78 is 28.5. The molecule has 8 heteroatoms. The van der Waals surface area contributed by atoms with Gasteiger partial charge in [-0.2, -0.15) is 4.31 Å². The number of fused-ring (bicyclic) bond motifs is 2. The molecular formula is C22H26ClN3O3S. The molecule has 2 aliphatic heterocycles. The van der Waals surface area contributed by atoms with Gasteiger partial charge in [0.2, 0.25) is 15.9 Å². The molecule has 2 saturated heterocycles. The van der Waals surface area contributed by atoms with Gasteiger partial charge in [-0.25, -0.2) is 8.42 Å². The van der Waals surface area contributed by atoms with E-state index < -0.39 is 10.0 Å². The second kappa shape index (κ2) is 8.30. The van der Waals surface area contributed by atoms with Crippen molar-refractivity contribution in [3.8, 4) is 0 Å². The lowest BCUT2D eigenvalue weighted by molar-refractivity contribution is -0.117. The van der Waals surface area contributed by atoms with Gasteiger partial charge in [0.1, 0.15) is 0 Å². The average molecular weight is 448 g/mol. The zero-order chi connectivity index (χ0) is 21.5. The minimum atomic E-state index is -3.64. The Bertz CT molecular complexity index is 1060. The van der Waals surface area contributed by atoms with Gasteiger partial charge in [0.25, 0.3) is 0 Å². The molecular weight excluding hydrogens is 422 g/mol. The second-order valence-corrected chi connectivity index (χ2v) is 10.4. The lowest BCUT2D eigenvalue weighted by Gasteiger charge is -2.40. The fraction of sp³-hybridized carbons (Fsp3) is 0.409. The summed E-state index contributed by atoms with van der Waals surface area (Å²) in [6, 6.07) is 12.4.